The second-order valence-electron chi connectivity index (χ2n) is 2.97. The lowest BCUT2D eigenvalue weighted by atomic mass is 10.2. The van der Waals surface area contributed by atoms with Gasteiger partial charge in [0.1, 0.15) is 0 Å². The van der Waals surface area contributed by atoms with Crippen molar-refractivity contribution in [2.75, 3.05) is 5.75 Å². The zero-order valence-electron chi connectivity index (χ0n) is 8.62. The van der Waals surface area contributed by atoms with Crippen molar-refractivity contribution in [1.82, 2.24) is 9.97 Å². The molecule has 0 amide bonds. The minimum absolute atomic E-state index is 0. The van der Waals surface area contributed by atoms with Crippen LogP contribution in [0.15, 0.2) is 9.59 Å². The standard InChI is InChI=1S/C8H12N4O2S.BrH/c1-4-5(2-3-15-7(9)10)6(13)12-8(14)11-4;/h2-3H2,1H3,(H3,9,10)(H2,11,12,13,14);1H. The van der Waals surface area contributed by atoms with Crippen LogP contribution in [0, 0.1) is 12.3 Å². The summed E-state index contributed by atoms with van der Waals surface area (Å²) in [6.45, 7) is 1.67. The van der Waals surface area contributed by atoms with Crippen LogP contribution in [0.5, 0.6) is 0 Å². The van der Waals surface area contributed by atoms with Gasteiger partial charge in [-0.05, 0) is 13.3 Å². The molecule has 0 saturated heterocycles. The van der Waals surface area contributed by atoms with E-state index in [1.807, 2.05) is 0 Å². The van der Waals surface area contributed by atoms with Crippen molar-refractivity contribution in [3.63, 3.8) is 0 Å². The summed E-state index contributed by atoms with van der Waals surface area (Å²) < 4.78 is 0. The Labute approximate surface area is 106 Å². The van der Waals surface area contributed by atoms with Gasteiger partial charge in [0, 0.05) is 17.0 Å². The maximum absolute atomic E-state index is 11.4. The van der Waals surface area contributed by atoms with Crippen LogP contribution >= 0.6 is 28.7 Å². The Morgan fingerprint density at radius 1 is 1.44 bits per heavy atom. The van der Waals surface area contributed by atoms with Crippen molar-refractivity contribution in [2.24, 2.45) is 5.73 Å². The van der Waals surface area contributed by atoms with E-state index in [1.165, 1.54) is 0 Å². The predicted molar refractivity (Wildman–Crippen MR) is 70.8 cm³/mol. The number of hydrogen-bond acceptors (Lipinski definition) is 4. The van der Waals surface area contributed by atoms with Crippen molar-refractivity contribution < 1.29 is 0 Å². The summed E-state index contributed by atoms with van der Waals surface area (Å²) in [5, 5.41) is 7.02. The van der Waals surface area contributed by atoms with Gasteiger partial charge in [-0.25, -0.2) is 4.79 Å². The number of rotatable bonds is 3. The molecule has 8 heteroatoms. The highest BCUT2D eigenvalue weighted by atomic mass is 79.9. The van der Waals surface area contributed by atoms with E-state index in [0.717, 1.165) is 11.8 Å². The second kappa shape index (κ2) is 6.54. The fourth-order valence-electron chi connectivity index (χ4n) is 1.19. The van der Waals surface area contributed by atoms with Gasteiger partial charge in [0.05, 0.1) is 0 Å². The fraction of sp³-hybridized carbons (Fsp3) is 0.375. The van der Waals surface area contributed by atoms with Crippen LogP contribution in [0.3, 0.4) is 0 Å². The molecule has 1 rings (SSSR count). The molecule has 1 heterocycles. The Bertz CT molecular complexity index is 482. The van der Waals surface area contributed by atoms with Gasteiger partial charge >= 0.3 is 5.69 Å². The van der Waals surface area contributed by atoms with Gasteiger partial charge in [-0.3, -0.25) is 15.2 Å². The smallest absolute Gasteiger partial charge is 0.325 e. The van der Waals surface area contributed by atoms with Crippen molar-refractivity contribution in [2.45, 2.75) is 13.3 Å². The van der Waals surface area contributed by atoms with Gasteiger partial charge in [-0.2, -0.15) is 0 Å². The molecule has 0 unspecified atom stereocenters. The first-order valence-corrected chi connectivity index (χ1v) is 5.28. The zero-order valence-corrected chi connectivity index (χ0v) is 11.2. The van der Waals surface area contributed by atoms with Crippen LogP contribution in [-0.4, -0.2) is 20.9 Å². The number of H-pyrrole nitrogens is 2. The Kier molecular flexibility index (Phi) is 6.12. The SMILES string of the molecule is Br.Cc1[nH]c(=O)[nH]c(=O)c1CCSC(=N)N. The molecule has 90 valence electrons. The van der Waals surface area contributed by atoms with Crippen LogP contribution in [0.25, 0.3) is 0 Å². The summed E-state index contributed by atoms with van der Waals surface area (Å²) >= 11 is 1.16. The highest BCUT2D eigenvalue weighted by Crippen LogP contribution is 2.04. The molecule has 0 aliphatic carbocycles. The van der Waals surface area contributed by atoms with E-state index < -0.39 is 5.69 Å². The highest BCUT2D eigenvalue weighted by Gasteiger charge is 2.05. The molecule has 16 heavy (non-hydrogen) atoms. The summed E-state index contributed by atoms with van der Waals surface area (Å²) in [4.78, 5) is 26.9. The molecular weight excluding hydrogens is 296 g/mol. The lowest BCUT2D eigenvalue weighted by molar-refractivity contribution is 0.925. The van der Waals surface area contributed by atoms with Gasteiger partial charge in [-0.15, -0.1) is 17.0 Å². The minimum Gasteiger partial charge on any atom is -0.379 e. The van der Waals surface area contributed by atoms with Gasteiger partial charge in [0.15, 0.2) is 5.17 Å². The topological polar surface area (TPSA) is 116 Å². The molecule has 1 aromatic rings. The van der Waals surface area contributed by atoms with Gasteiger partial charge in [-0.1, -0.05) is 11.8 Å². The minimum atomic E-state index is -0.500. The monoisotopic (exact) mass is 308 g/mol. The quantitative estimate of drug-likeness (QED) is 0.469. The largest absolute Gasteiger partial charge is 0.379 e. The predicted octanol–water partition coefficient (Wildman–Crippen LogP) is 0.119. The maximum atomic E-state index is 11.4. The summed E-state index contributed by atoms with van der Waals surface area (Å²) in [5.41, 5.74) is 5.38. The van der Waals surface area contributed by atoms with Crippen molar-refractivity contribution in [3.8, 4) is 0 Å². The normalized spacial score (nSPS) is 9.56. The molecular formula is C8H13BrN4O2S. The van der Waals surface area contributed by atoms with E-state index in [4.69, 9.17) is 11.1 Å². The lowest BCUT2D eigenvalue weighted by Crippen LogP contribution is -2.27. The number of aromatic nitrogens is 2. The number of aryl methyl sites for hydroxylation is 1. The number of nitrogens with two attached hydrogens (primary N) is 1. The van der Waals surface area contributed by atoms with Crippen LogP contribution in [0.1, 0.15) is 11.3 Å². The molecule has 1 aromatic heterocycles. The third-order valence-electron chi connectivity index (χ3n) is 1.86. The van der Waals surface area contributed by atoms with E-state index in [2.05, 4.69) is 9.97 Å². The maximum Gasteiger partial charge on any atom is 0.325 e. The molecule has 0 radical (unpaired) electrons. The third kappa shape index (κ3) is 4.23. The van der Waals surface area contributed by atoms with Crippen molar-refractivity contribution in [1.29, 1.82) is 5.41 Å². The number of hydrogen-bond donors (Lipinski definition) is 4. The summed E-state index contributed by atoms with van der Waals surface area (Å²) in [6.07, 6.45) is 0.474. The fourth-order valence-corrected chi connectivity index (χ4v) is 1.72. The zero-order chi connectivity index (χ0) is 11.4. The molecule has 5 N–H and O–H groups in total. The summed E-state index contributed by atoms with van der Waals surface area (Å²) in [7, 11) is 0. The molecule has 0 atom stereocenters. The molecule has 0 saturated carbocycles. The van der Waals surface area contributed by atoms with Crippen molar-refractivity contribution >= 4 is 33.9 Å². The molecule has 6 nitrogen and oxygen atoms in total. The Morgan fingerprint density at radius 2 is 2.06 bits per heavy atom. The molecule has 0 fully saturated rings. The highest BCUT2D eigenvalue weighted by molar-refractivity contribution is 8.93. The Balaban J connectivity index is 0.00000225. The van der Waals surface area contributed by atoms with E-state index in [9.17, 15) is 9.59 Å². The van der Waals surface area contributed by atoms with Gasteiger partial charge in [0.2, 0.25) is 0 Å². The van der Waals surface area contributed by atoms with E-state index in [-0.39, 0.29) is 27.7 Å². The summed E-state index contributed by atoms with van der Waals surface area (Å²) in [5.74, 6) is 0.547. The van der Waals surface area contributed by atoms with Crippen LogP contribution in [-0.2, 0) is 6.42 Å². The number of nitrogens with one attached hydrogen (secondary N) is 3. The lowest BCUT2D eigenvalue weighted by Gasteiger charge is -2.02. The van der Waals surface area contributed by atoms with Crippen LogP contribution in [0.4, 0.5) is 0 Å². The number of halogens is 1. The Morgan fingerprint density at radius 3 is 2.56 bits per heavy atom. The van der Waals surface area contributed by atoms with Crippen molar-refractivity contribution in [3.05, 3.63) is 32.1 Å². The van der Waals surface area contributed by atoms with Crippen LogP contribution < -0.4 is 17.0 Å². The van der Waals surface area contributed by atoms with Gasteiger partial charge < -0.3 is 10.7 Å². The molecule has 0 spiro atoms. The molecule has 0 aliphatic rings. The molecule has 0 bridgehead atoms. The van der Waals surface area contributed by atoms with E-state index in [1.54, 1.807) is 6.92 Å². The number of aromatic amines is 2. The van der Waals surface area contributed by atoms with E-state index >= 15 is 0 Å². The van der Waals surface area contributed by atoms with E-state index in [0.29, 0.717) is 23.4 Å². The Hall–Kier alpha value is -1.02. The molecule has 0 aliphatic heterocycles. The molecule has 0 aromatic carbocycles. The first kappa shape index (κ1) is 15.0. The second-order valence-corrected chi connectivity index (χ2v) is 4.11. The van der Waals surface area contributed by atoms with Crippen LogP contribution in [0.2, 0.25) is 0 Å². The summed E-state index contributed by atoms with van der Waals surface area (Å²) in [6, 6.07) is 0. The average molecular weight is 309 g/mol. The number of amidine groups is 1. The van der Waals surface area contributed by atoms with Gasteiger partial charge in [0.25, 0.3) is 5.56 Å². The number of thioether (sulfide) groups is 1. The third-order valence-corrected chi connectivity index (χ3v) is 2.58. The first-order chi connectivity index (χ1) is 7.00. The first-order valence-electron chi connectivity index (χ1n) is 4.29. The average Bonchev–Trinajstić information content (AvgIpc) is 2.08.